The number of ether oxygens (including phenoxy) is 2. The summed E-state index contributed by atoms with van der Waals surface area (Å²) >= 11 is 0. The second-order valence-electron chi connectivity index (χ2n) is 4.47. The zero-order chi connectivity index (χ0) is 14.1. The number of benzene rings is 1. The largest absolute Gasteiger partial charge is 0.383 e. The SMILES string of the molecule is COCC(N)C(=O)NC(C)COCc1ccccc1. The number of hydrogen-bond donors (Lipinski definition) is 2. The highest BCUT2D eigenvalue weighted by atomic mass is 16.5. The van der Waals surface area contributed by atoms with E-state index in [2.05, 4.69) is 5.32 Å². The summed E-state index contributed by atoms with van der Waals surface area (Å²) in [6.07, 6.45) is 0. The number of nitrogens with two attached hydrogens (primary N) is 1. The fraction of sp³-hybridized carbons (Fsp3) is 0.500. The van der Waals surface area contributed by atoms with Gasteiger partial charge in [0.25, 0.3) is 0 Å². The Bertz CT molecular complexity index is 370. The second-order valence-corrected chi connectivity index (χ2v) is 4.47. The van der Waals surface area contributed by atoms with E-state index in [9.17, 15) is 4.79 Å². The molecule has 0 saturated heterocycles. The minimum atomic E-state index is -0.637. The summed E-state index contributed by atoms with van der Waals surface area (Å²) in [5.74, 6) is -0.224. The van der Waals surface area contributed by atoms with Gasteiger partial charge in [0.1, 0.15) is 6.04 Å². The third-order valence-corrected chi connectivity index (χ3v) is 2.55. The molecule has 1 aromatic rings. The molecule has 0 spiro atoms. The van der Waals surface area contributed by atoms with Crippen LogP contribution in [0.3, 0.4) is 0 Å². The van der Waals surface area contributed by atoms with Crippen LogP contribution in [0.5, 0.6) is 0 Å². The maximum Gasteiger partial charge on any atom is 0.239 e. The minimum Gasteiger partial charge on any atom is -0.383 e. The number of methoxy groups -OCH3 is 1. The molecule has 106 valence electrons. The molecule has 0 heterocycles. The highest BCUT2D eigenvalue weighted by molar-refractivity contribution is 5.81. The van der Waals surface area contributed by atoms with Crippen LogP contribution in [-0.4, -0.2) is 38.3 Å². The number of amides is 1. The maximum absolute atomic E-state index is 11.6. The average molecular weight is 266 g/mol. The van der Waals surface area contributed by atoms with Crippen molar-refractivity contribution in [3.05, 3.63) is 35.9 Å². The number of carbonyl (C=O) groups is 1. The van der Waals surface area contributed by atoms with Gasteiger partial charge in [0.15, 0.2) is 0 Å². The summed E-state index contributed by atoms with van der Waals surface area (Å²) in [5.41, 5.74) is 6.73. The lowest BCUT2D eigenvalue weighted by Crippen LogP contribution is -2.47. The Morgan fingerprint density at radius 1 is 1.32 bits per heavy atom. The number of nitrogens with one attached hydrogen (secondary N) is 1. The van der Waals surface area contributed by atoms with Gasteiger partial charge in [-0.3, -0.25) is 4.79 Å². The van der Waals surface area contributed by atoms with Crippen LogP contribution in [0.2, 0.25) is 0 Å². The second kappa shape index (κ2) is 8.63. The normalized spacial score (nSPS) is 13.8. The fourth-order valence-corrected chi connectivity index (χ4v) is 1.57. The van der Waals surface area contributed by atoms with E-state index >= 15 is 0 Å². The van der Waals surface area contributed by atoms with Gasteiger partial charge in [0.05, 0.1) is 19.8 Å². The lowest BCUT2D eigenvalue weighted by molar-refractivity contribution is -0.124. The van der Waals surface area contributed by atoms with Crippen LogP contribution in [0.1, 0.15) is 12.5 Å². The topological polar surface area (TPSA) is 73.6 Å². The molecule has 1 amide bonds. The lowest BCUT2D eigenvalue weighted by atomic mass is 10.2. The van der Waals surface area contributed by atoms with Crippen LogP contribution in [0, 0.1) is 0 Å². The van der Waals surface area contributed by atoms with Gasteiger partial charge in [-0.05, 0) is 12.5 Å². The van der Waals surface area contributed by atoms with Crippen LogP contribution < -0.4 is 11.1 Å². The van der Waals surface area contributed by atoms with Crippen LogP contribution in [0.15, 0.2) is 30.3 Å². The molecule has 0 radical (unpaired) electrons. The van der Waals surface area contributed by atoms with Crippen LogP contribution in [0.4, 0.5) is 0 Å². The Hall–Kier alpha value is -1.43. The van der Waals surface area contributed by atoms with E-state index in [0.29, 0.717) is 13.2 Å². The van der Waals surface area contributed by atoms with E-state index < -0.39 is 6.04 Å². The highest BCUT2D eigenvalue weighted by Crippen LogP contribution is 2.00. The molecular formula is C14H22N2O3. The van der Waals surface area contributed by atoms with Gasteiger partial charge >= 0.3 is 0 Å². The molecule has 0 saturated carbocycles. The molecule has 3 N–H and O–H groups in total. The van der Waals surface area contributed by atoms with E-state index in [1.807, 2.05) is 37.3 Å². The smallest absolute Gasteiger partial charge is 0.239 e. The molecule has 2 unspecified atom stereocenters. The van der Waals surface area contributed by atoms with Crippen molar-refractivity contribution < 1.29 is 14.3 Å². The zero-order valence-electron chi connectivity index (χ0n) is 11.5. The standard InChI is InChI=1S/C14H22N2O3/c1-11(16-14(17)13(15)10-18-2)8-19-9-12-6-4-3-5-7-12/h3-7,11,13H,8-10,15H2,1-2H3,(H,16,17). The summed E-state index contributed by atoms with van der Waals surface area (Å²) in [5, 5.41) is 2.78. The van der Waals surface area contributed by atoms with Gasteiger partial charge in [-0.15, -0.1) is 0 Å². The Balaban J connectivity index is 2.21. The molecule has 5 heteroatoms. The summed E-state index contributed by atoms with van der Waals surface area (Å²) in [6, 6.07) is 9.17. The molecule has 0 fully saturated rings. The Labute approximate surface area is 114 Å². The molecule has 2 atom stereocenters. The van der Waals surface area contributed by atoms with Crippen molar-refractivity contribution in [2.75, 3.05) is 20.3 Å². The van der Waals surface area contributed by atoms with Crippen molar-refractivity contribution in [1.82, 2.24) is 5.32 Å². The maximum atomic E-state index is 11.6. The lowest BCUT2D eigenvalue weighted by Gasteiger charge is -2.17. The predicted octanol–water partition coefficient (Wildman–Crippen LogP) is 0.682. The number of hydrogen-bond acceptors (Lipinski definition) is 4. The third-order valence-electron chi connectivity index (χ3n) is 2.55. The molecule has 0 aromatic heterocycles. The molecule has 1 aromatic carbocycles. The third kappa shape index (κ3) is 6.33. The quantitative estimate of drug-likeness (QED) is 0.726. The molecule has 0 aliphatic heterocycles. The molecule has 5 nitrogen and oxygen atoms in total. The van der Waals surface area contributed by atoms with Crippen LogP contribution in [-0.2, 0) is 20.9 Å². The summed E-state index contributed by atoms with van der Waals surface area (Å²) in [7, 11) is 1.51. The van der Waals surface area contributed by atoms with Gasteiger partial charge in [-0.25, -0.2) is 0 Å². The van der Waals surface area contributed by atoms with Crippen molar-refractivity contribution in [3.63, 3.8) is 0 Å². The van der Waals surface area contributed by atoms with Crippen LogP contribution >= 0.6 is 0 Å². The van der Waals surface area contributed by atoms with Crippen molar-refractivity contribution in [1.29, 1.82) is 0 Å². The molecule has 1 rings (SSSR count). The fourth-order valence-electron chi connectivity index (χ4n) is 1.57. The Morgan fingerprint density at radius 3 is 2.63 bits per heavy atom. The average Bonchev–Trinajstić information content (AvgIpc) is 2.40. The zero-order valence-corrected chi connectivity index (χ0v) is 11.5. The first-order valence-corrected chi connectivity index (χ1v) is 6.30. The number of rotatable bonds is 8. The van der Waals surface area contributed by atoms with Crippen molar-refractivity contribution in [2.45, 2.75) is 25.6 Å². The van der Waals surface area contributed by atoms with Gasteiger partial charge in [0.2, 0.25) is 5.91 Å². The van der Waals surface area contributed by atoms with E-state index in [1.54, 1.807) is 0 Å². The van der Waals surface area contributed by atoms with Crippen molar-refractivity contribution in [2.24, 2.45) is 5.73 Å². The first-order chi connectivity index (χ1) is 9.13. The molecular weight excluding hydrogens is 244 g/mol. The van der Waals surface area contributed by atoms with E-state index in [-0.39, 0.29) is 18.6 Å². The van der Waals surface area contributed by atoms with Gasteiger partial charge in [-0.1, -0.05) is 30.3 Å². The summed E-state index contributed by atoms with van der Waals surface area (Å²) in [6.45, 7) is 3.07. The van der Waals surface area contributed by atoms with E-state index in [4.69, 9.17) is 15.2 Å². The number of carbonyl (C=O) groups excluding carboxylic acids is 1. The minimum absolute atomic E-state index is 0.0841. The monoisotopic (exact) mass is 266 g/mol. The summed E-state index contributed by atoms with van der Waals surface area (Å²) < 4.78 is 10.4. The first-order valence-electron chi connectivity index (χ1n) is 6.30. The van der Waals surface area contributed by atoms with Crippen LogP contribution in [0.25, 0.3) is 0 Å². The van der Waals surface area contributed by atoms with Crippen molar-refractivity contribution in [3.8, 4) is 0 Å². The molecule has 19 heavy (non-hydrogen) atoms. The Kier molecular flexibility index (Phi) is 7.10. The van der Waals surface area contributed by atoms with E-state index in [1.165, 1.54) is 7.11 Å². The van der Waals surface area contributed by atoms with Crippen molar-refractivity contribution >= 4 is 5.91 Å². The molecule has 0 aliphatic rings. The van der Waals surface area contributed by atoms with Gasteiger partial charge in [0, 0.05) is 13.2 Å². The van der Waals surface area contributed by atoms with E-state index in [0.717, 1.165) is 5.56 Å². The first kappa shape index (κ1) is 15.6. The van der Waals surface area contributed by atoms with Gasteiger partial charge in [-0.2, -0.15) is 0 Å². The molecule has 0 aliphatic carbocycles. The highest BCUT2D eigenvalue weighted by Gasteiger charge is 2.15. The predicted molar refractivity (Wildman–Crippen MR) is 73.6 cm³/mol. The summed E-state index contributed by atoms with van der Waals surface area (Å²) in [4.78, 5) is 11.6. The van der Waals surface area contributed by atoms with Gasteiger partial charge < -0.3 is 20.5 Å². The Morgan fingerprint density at radius 2 is 2.00 bits per heavy atom. The molecule has 0 bridgehead atoms.